The van der Waals surface area contributed by atoms with E-state index in [0.29, 0.717) is 0 Å². The number of aliphatic hydroxyl groups excluding tert-OH is 1. The fourth-order valence-corrected chi connectivity index (χ4v) is 2.60. The van der Waals surface area contributed by atoms with Gasteiger partial charge in [-0.3, -0.25) is 0 Å². The predicted octanol–water partition coefficient (Wildman–Crippen LogP) is 3.63. The predicted molar refractivity (Wildman–Crippen MR) is 86.6 cm³/mol. The van der Waals surface area contributed by atoms with Gasteiger partial charge in [0.25, 0.3) is 0 Å². The number of rotatable bonds is 10. The summed E-state index contributed by atoms with van der Waals surface area (Å²) in [7, 11) is 0. The third-order valence-corrected chi connectivity index (χ3v) is 3.92. The van der Waals surface area contributed by atoms with Gasteiger partial charge in [-0.2, -0.15) is 0 Å². The number of aliphatic hydroxyl groups is 1. The summed E-state index contributed by atoms with van der Waals surface area (Å²) in [5, 5.41) is 10.4. The van der Waals surface area contributed by atoms with Crippen LogP contribution in [0.3, 0.4) is 0 Å². The van der Waals surface area contributed by atoms with E-state index in [1.807, 2.05) is 24.3 Å². The van der Waals surface area contributed by atoms with Gasteiger partial charge in [-0.25, -0.2) is 0 Å². The highest BCUT2D eigenvalue weighted by molar-refractivity contribution is 5.28. The molecule has 1 unspecified atom stereocenters. The van der Waals surface area contributed by atoms with Gasteiger partial charge in [-0.05, 0) is 55.8 Å². The van der Waals surface area contributed by atoms with E-state index < -0.39 is 6.10 Å². The molecule has 0 amide bonds. The Labute approximate surface area is 128 Å². The van der Waals surface area contributed by atoms with Crippen molar-refractivity contribution in [1.82, 2.24) is 4.90 Å². The Balaban J connectivity index is 1.86. The van der Waals surface area contributed by atoms with Crippen LogP contribution in [0.5, 0.6) is 5.75 Å². The van der Waals surface area contributed by atoms with Crippen LogP contribution in [0.1, 0.15) is 51.2 Å². The van der Waals surface area contributed by atoms with Crippen LogP contribution in [0, 0.1) is 5.92 Å². The number of hydrogen-bond donors (Lipinski definition) is 1. The van der Waals surface area contributed by atoms with Crippen molar-refractivity contribution in [1.29, 1.82) is 0 Å². The van der Waals surface area contributed by atoms with Crippen molar-refractivity contribution in [2.75, 3.05) is 26.2 Å². The number of ether oxygens (including phenoxy) is 1. The number of nitrogens with zero attached hydrogens (tertiary/aromatic N) is 1. The summed E-state index contributed by atoms with van der Waals surface area (Å²) in [5.41, 5.74) is 0.982. The second kappa shape index (κ2) is 8.40. The van der Waals surface area contributed by atoms with Crippen molar-refractivity contribution in [3.8, 4) is 5.75 Å². The van der Waals surface area contributed by atoms with Crippen molar-refractivity contribution in [3.63, 3.8) is 0 Å². The molecular weight excluding hydrogens is 262 g/mol. The first kappa shape index (κ1) is 16.3. The van der Waals surface area contributed by atoms with Crippen molar-refractivity contribution in [2.45, 2.75) is 45.6 Å². The zero-order valence-electron chi connectivity index (χ0n) is 13.4. The van der Waals surface area contributed by atoms with Gasteiger partial charge in [0.05, 0.1) is 12.7 Å². The van der Waals surface area contributed by atoms with Crippen molar-refractivity contribution >= 4 is 0 Å². The molecule has 1 saturated carbocycles. The van der Waals surface area contributed by atoms with Crippen LogP contribution < -0.4 is 4.74 Å². The van der Waals surface area contributed by atoms with E-state index in [2.05, 4.69) is 18.7 Å². The minimum Gasteiger partial charge on any atom is -0.494 e. The maximum atomic E-state index is 10.4. The smallest absolute Gasteiger partial charge is 0.119 e. The van der Waals surface area contributed by atoms with Gasteiger partial charge in [-0.1, -0.05) is 26.0 Å². The van der Waals surface area contributed by atoms with Crippen molar-refractivity contribution < 1.29 is 9.84 Å². The summed E-state index contributed by atoms with van der Waals surface area (Å²) in [6, 6.07) is 7.88. The highest BCUT2D eigenvalue weighted by Gasteiger charge is 2.25. The zero-order chi connectivity index (χ0) is 15.1. The van der Waals surface area contributed by atoms with Crippen LogP contribution in [0.25, 0.3) is 0 Å². The molecule has 1 aliphatic carbocycles. The average molecular weight is 291 g/mol. The lowest BCUT2D eigenvalue weighted by Gasteiger charge is -2.24. The molecule has 1 fully saturated rings. The molecule has 0 spiro atoms. The molecule has 2 rings (SSSR count). The molecule has 1 aromatic carbocycles. The Hall–Kier alpha value is -1.06. The van der Waals surface area contributed by atoms with Crippen molar-refractivity contribution in [3.05, 3.63) is 29.8 Å². The molecule has 1 aliphatic rings. The first-order chi connectivity index (χ1) is 10.2. The maximum Gasteiger partial charge on any atom is 0.119 e. The molecular formula is C18H29NO2. The van der Waals surface area contributed by atoms with E-state index in [1.165, 1.54) is 12.8 Å². The largest absolute Gasteiger partial charge is 0.494 e. The van der Waals surface area contributed by atoms with Crippen molar-refractivity contribution in [2.24, 2.45) is 5.92 Å². The summed E-state index contributed by atoms with van der Waals surface area (Å²) < 4.78 is 5.58. The van der Waals surface area contributed by atoms with Gasteiger partial charge < -0.3 is 14.7 Å². The SMILES string of the molecule is CCCOc1ccc(C(O)CN(CCC)CC2CC2)cc1. The van der Waals surface area contributed by atoms with Gasteiger partial charge >= 0.3 is 0 Å². The Bertz CT molecular complexity index is 400. The lowest BCUT2D eigenvalue weighted by molar-refractivity contribution is 0.110. The highest BCUT2D eigenvalue weighted by atomic mass is 16.5. The Morgan fingerprint density at radius 1 is 1.19 bits per heavy atom. The molecule has 0 bridgehead atoms. The Morgan fingerprint density at radius 3 is 2.48 bits per heavy atom. The topological polar surface area (TPSA) is 32.7 Å². The Kier molecular flexibility index (Phi) is 6.52. The molecule has 21 heavy (non-hydrogen) atoms. The fraction of sp³-hybridized carbons (Fsp3) is 0.667. The van der Waals surface area contributed by atoms with Crippen LogP contribution >= 0.6 is 0 Å². The van der Waals surface area contributed by atoms with E-state index in [4.69, 9.17) is 4.74 Å². The summed E-state index contributed by atoms with van der Waals surface area (Å²) in [4.78, 5) is 2.41. The second-order valence-electron chi connectivity index (χ2n) is 6.14. The molecule has 0 radical (unpaired) electrons. The Morgan fingerprint density at radius 2 is 1.90 bits per heavy atom. The minimum absolute atomic E-state index is 0.407. The fourth-order valence-electron chi connectivity index (χ4n) is 2.60. The monoisotopic (exact) mass is 291 g/mol. The van der Waals surface area contributed by atoms with Crippen LogP contribution in [0.4, 0.5) is 0 Å². The molecule has 1 atom stereocenters. The van der Waals surface area contributed by atoms with Gasteiger partial charge in [0.1, 0.15) is 5.75 Å². The third-order valence-electron chi connectivity index (χ3n) is 3.92. The first-order valence-electron chi connectivity index (χ1n) is 8.36. The van der Waals surface area contributed by atoms with Crippen LogP contribution in [-0.2, 0) is 0 Å². The number of benzene rings is 1. The van der Waals surface area contributed by atoms with Crippen LogP contribution in [0.2, 0.25) is 0 Å². The highest BCUT2D eigenvalue weighted by Crippen LogP contribution is 2.30. The normalized spacial score (nSPS) is 16.2. The van der Waals surface area contributed by atoms with Gasteiger partial charge in [0.2, 0.25) is 0 Å². The lowest BCUT2D eigenvalue weighted by Crippen LogP contribution is -2.31. The molecule has 1 aromatic rings. The molecule has 1 N–H and O–H groups in total. The quantitative estimate of drug-likeness (QED) is 0.714. The molecule has 0 heterocycles. The zero-order valence-corrected chi connectivity index (χ0v) is 13.4. The average Bonchev–Trinajstić information content (AvgIpc) is 3.30. The van der Waals surface area contributed by atoms with Crippen LogP contribution in [-0.4, -0.2) is 36.2 Å². The summed E-state index contributed by atoms with van der Waals surface area (Å²) in [6.07, 6.45) is 4.47. The summed E-state index contributed by atoms with van der Waals surface area (Å²) >= 11 is 0. The summed E-state index contributed by atoms with van der Waals surface area (Å²) in [6.45, 7) is 7.99. The standard InChI is InChI=1S/C18H29NO2/c1-3-11-19(13-15-5-6-15)14-18(20)16-7-9-17(10-8-16)21-12-4-2/h7-10,15,18,20H,3-6,11-14H2,1-2H3. The van der Waals surface area contributed by atoms with Crippen LogP contribution in [0.15, 0.2) is 24.3 Å². The lowest BCUT2D eigenvalue weighted by atomic mass is 10.1. The van der Waals surface area contributed by atoms with E-state index in [-0.39, 0.29) is 0 Å². The number of hydrogen-bond acceptors (Lipinski definition) is 3. The minimum atomic E-state index is -0.407. The van der Waals surface area contributed by atoms with Gasteiger partial charge in [0.15, 0.2) is 0 Å². The molecule has 118 valence electrons. The molecule has 0 aromatic heterocycles. The molecule has 0 aliphatic heterocycles. The third kappa shape index (κ3) is 5.68. The molecule has 3 nitrogen and oxygen atoms in total. The van der Waals surface area contributed by atoms with E-state index >= 15 is 0 Å². The van der Waals surface area contributed by atoms with Gasteiger partial charge in [-0.15, -0.1) is 0 Å². The maximum absolute atomic E-state index is 10.4. The first-order valence-corrected chi connectivity index (χ1v) is 8.36. The van der Waals surface area contributed by atoms with E-state index in [0.717, 1.165) is 56.3 Å². The second-order valence-corrected chi connectivity index (χ2v) is 6.14. The molecule has 3 heteroatoms. The van der Waals surface area contributed by atoms with Gasteiger partial charge in [0, 0.05) is 13.1 Å². The summed E-state index contributed by atoms with van der Waals surface area (Å²) in [5.74, 6) is 1.75. The molecule has 0 saturated heterocycles. The van der Waals surface area contributed by atoms with E-state index in [9.17, 15) is 5.11 Å². The van der Waals surface area contributed by atoms with E-state index in [1.54, 1.807) is 0 Å².